The number of aromatic nitrogens is 3. The smallest absolute Gasteiger partial charge is 0.0928 e. The number of fused-ring (bicyclic) bond motifs is 1. The van der Waals surface area contributed by atoms with E-state index in [9.17, 15) is 0 Å². The van der Waals surface area contributed by atoms with Crippen molar-refractivity contribution >= 4 is 28.7 Å². The van der Waals surface area contributed by atoms with E-state index in [2.05, 4.69) is 15.2 Å². The summed E-state index contributed by atoms with van der Waals surface area (Å²) in [6.07, 6.45) is 5.60. The summed E-state index contributed by atoms with van der Waals surface area (Å²) in [4.78, 5) is 4.22. The van der Waals surface area contributed by atoms with Gasteiger partial charge in [0.1, 0.15) is 0 Å². The number of H-pyrrole nitrogens is 1. The largest absolute Gasteiger partial charge is 0.301 e. The Bertz CT molecular complexity index is 698. The van der Waals surface area contributed by atoms with E-state index < -0.39 is 0 Å². The zero-order valence-corrected chi connectivity index (χ0v) is 9.59. The van der Waals surface area contributed by atoms with E-state index >= 15 is 0 Å². The van der Waals surface area contributed by atoms with Crippen molar-refractivity contribution in [1.82, 2.24) is 20.9 Å². The lowest BCUT2D eigenvalue weighted by Gasteiger charge is -1.92. The molecule has 2 heterocycles. The molecule has 0 saturated carbocycles. The molecule has 87 valence electrons. The molecule has 0 amide bonds. The van der Waals surface area contributed by atoms with Gasteiger partial charge in [-0.1, -0.05) is 6.07 Å². The first-order chi connectivity index (χ1) is 8.83. The van der Waals surface area contributed by atoms with Crippen LogP contribution in [-0.4, -0.2) is 15.2 Å². The number of aromatic amines is 1. The lowest BCUT2D eigenvalue weighted by atomic mass is 10.2. The van der Waals surface area contributed by atoms with E-state index in [0.717, 1.165) is 22.3 Å². The molecule has 0 bridgehead atoms. The third-order valence-corrected chi connectivity index (χ3v) is 2.69. The summed E-state index contributed by atoms with van der Waals surface area (Å²) < 4.78 is 0. The Labute approximate surface area is 104 Å². The Hall–Kier alpha value is -2.62. The molecule has 3 rings (SSSR count). The normalized spacial score (nSPS) is 11.3. The molecule has 1 radical (unpaired) electrons. The highest BCUT2D eigenvalue weighted by molar-refractivity contribution is 5.90. The lowest BCUT2D eigenvalue weighted by molar-refractivity contribution is 1.11. The summed E-state index contributed by atoms with van der Waals surface area (Å²) in [5.41, 5.74) is 10.7. The molecule has 4 nitrogen and oxygen atoms in total. The van der Waals surface area contributed by atoms with Gasteiger partial charge in [0.15, 0.2) is 0 Å². The fraction of sp³-hybridized carbons (Fsp3) is 0. The van der Waals surface area contributed by atoms with Gasteiger partial charge in [0.2, 0.25) is 0 Å². The standard InChI is InChI=1S/C14H11N4/c15-10-4-6-12-13(17-18-14(12)9-10)7-5-11-3-1-2-8-16-11/h1-9,15H,(H,17,18)/b7-5+. The molecule has 0 aliphatic rings. The third-order valence-electron chi connectivity index (χ3n) is 2.69. The summed E-state index contributed by atoms with van der Waals surface area (Å²) in [7, 11) is 0. The Balaban J connectivity index is 1.98. The topological polar surface area (TPSA) is 65.4 Å². The monoisotopic (exact) mass is 235 g/mol. The van der Waals surface area contributed by atoms with Crippen molar-refractivity contribution in [3.8, 4) is 0 Å². The van der Waals surface area contributed by atoms with Crippen molar-refractivity contribution in [1.29, 1.82) is 0 Å². The predicted molar refractivity (Wildman–Crippen MR) is 72.0 cm³/mol. The SMILES string of the molecule is [NH]c1ccc2c(/C=C/c3ccccn3)n[nH]c2c1. The molecular formula is C14H11N4. The summed E-state index contributed by atoms with van der Waals surface area (Å²) in [5, 5.41) is 8.16. The zero-order valence-electron chi connectivity index (χ0n) is 9.59. The maximum Gasteiger partial charge on any atom is 0.0928 e. The van der Waals surface area contributed by atoms with Gasteiger partial charge in [-0.2, -0.15) is 5.10 Å². The zero-order chi connectivity index (χ0) is 12.4. The average Bonchev–Trinajstić information content (AvgIpc) is 2.80. The van der Waals surface area contributed by atoms with E-state index in [1.165, 1.54) is 0 Å². The Kier molecular flexibility index (Phi) is 2.53. The van der Waals surface area contributed by atoms with Gasteiger partial charge in [0, 0.05) is 11.6 Å². The van der Waals surface area contributed by atoms with Crippen molar-refractivity contribution in [2.24, 2.45) is 0 Å². The van der Waals surface area contributed by atoms with E-state index in [-0.39, 0.29) is 0 Å². The number of nitrogens with one attached hydrogen (secondary N) is 2. The van der Waals surface area contributed by atoms with Crippen LogP contribution in [0.15, 0.2) is 42.6 Å². The van der Waals surface area contributed by atoms with Crippen LogP contribution in [0.2, 0.25) is 0 Å². The third kappa shape index (κ3) is 1.96. The van der Waals surface area contributed by atoms with E-state index in [1.807, 2.05) is 36.4 Å². The molecule has 0 saturated heterocycles. The molecule has 0 aliphatic carbocycles. The number of hydrogen-bond donors (Lipinski definition) is 1. The van der Waals surface area contributed by atoms with Gasteiger partial charge < -0.3 is 5.73 Å². The summed E-state index contributed by atoms with van der Waals surface area (Å²) >= 11 is 0. The predicted octanol–water partition coefficient (Wildman–Crippen LogP) is 3.04. The summed E-state index contributed by atoms with van der Waals surface area (Å²) in [6.45, 7) is 0. The minimum Gasteiger partial charge on any atom is -0.301 e. The maximum atomic E-state index is 7.55. The number of hydrogen-bond acceptors (Lipinski definition) is 2. The molecule has 1 aromatic carbocycles. The molecule has 0 spiro atoms. The van der Waals surface area contributed by atoms with Crippen LogP contribution in [0.4, 0.5) is 5.69 Å². The Morgan fingerprint density at radius 3 is 2.89 bits per heavy atom. The fourth-order valence-electron chi connectivity index (χ4n) is 1.81. The molecule has 4 heteroatoms. The van der Waals surface area contributed by atoms with Crippen LogP contribution in [0, 0.1) is 0 Å². The Morgan fingerprint density at radius 2 is 2.06 bits per heavy atom. The maximum absolute atomic E-state index is 7.55. The second-order valence-corrected chi connectivity index (χ2v) is 3.96. The van der Waals surface area contributed by atoms with Gasteiger partial charge in [-0.25, -0.2) is 0 Å². The number of pyridine rings is 1. The molecule has 2 aromatic heterocycles. The fourth-order valence-corrected chi connectivity index (χ4v) is 1.81. The highest BCUT2D eigenvalue weighted by atomic mass is 15.1. The highest BCUT2D eigenvalue weighted by Gasteiger charge is 2.02. The summed E-state index contributed by atoms with van der Waals surface area (Å²) in [5.74, 6) is 0. The van der Waals surface area contributed by atoms with E-state index in [4.69, 9.17) is 5.73 Å². The number of benzene rings is 1. The van der Waals surface area contributed by atoms with Crippen molar-refractivity contribution in [2.45, 2.75) is 0 Å². The van der Waals surface area contributed by atoms with E-state index in [1.54, 1.807) is 18.3 Å². The van der Waals surface area contributed by atoms with Crippen LogP contribution in [-0.2, 0) is 0 Å². The molecule has 0 unspecified atom stereocenters. The number of nitrogens with zero attached hydrogens (tertiary/aromatic N) is 2. The second kappa shape index (κ2) is 4.33. The minimum absolute atomic E-state index is 0.478. The van der Waals surface area contributed by atoms with Crippen LogP contribution < -0.4 is 5.73 Å². The van der Waals surface area contributed by atoms with E-state index in [0.29, 0.717) is 5.69 Å². The molecule has 0 aliphatic heterocycles. The van der Waals surface area contributed by atoms with Crippen molar-refractivity contribution < 1.29 is 0 Å². The van der Waals surface area contributed by atoms with Crippen LogP contribution in [0.5, 0.6) is 0 Å². The number of rotatable bonds is 2. The van der Waals surface area contributed by atoms with Gasteiger partial charge in [-0.05, 0) is 42.5 Å². The average molecular weight is 235 g/mol. The first-order valence-corrected chi connectivity index (χ1v) is 5.62. The van der Waals surface area contributed by atoms with Crippen molar-refractivity contribution in [3.05, 3.63) is 54.0 Å². The molecular weight excluding hydrogens is 224 g/mol. The first-order valence-electron chi connectivity index (χ1n) is 5.62. The second-order valence-electron chi connectivity index (χ2n) is 3.96. The van der Waals surface area contributed by atoms with Crippen LogP contribution in [0.1, 0.15) is 11.4 Å². The van der Waals surface area contributed by atoms with Crippen LogP contribution in [0.25, 0.3) is 23.1 Å². The first kappa shape index (κ1) is 10.5. The van der Waals surface area contributed by atoms with Gasteiger partial charge in [0.05, 0.1) is 22.6 Å². The minimum atomic E-state index is 0.478. The molecule has 18 heavy (non-hydrogen) atoms. The van der Waals surface area contributed by atoms with Crippen LogP contribution >= 0.6 is 0 Å². The highest BCUT2D eigenvalue weighted by Crippen LogP contribution is 2.20. The molecule has 0 atom stereocenters. The molecule has 0 fully saturated rings. The Morgan fingerprint density at radius 1 is 1.11 bits per heavy atom. The van der Waals surface area contributed by atoms with Crippen molar-refractivity contribution in [3.63, 3.8) is 0 Å². The van der Waals surface area contributed by atoms with Crippen molar-refractivity contribution in [2.75, 3.05) is 0 Å². The summed E-state index contributed by atoms with van der Waals surface area (Å²) in [6, 6.07) is 11.2. The van der Waals surface area contributed by atoms with Gasteiger partial charge in [-0.3, -0.25) is 10.1 Å². The van der Waals surface area contributed by atoms with Gasteiger partial charge >= 0.3 is 0 Å². The molecule has 2 N–H and O–H groups in total. The van der Waals surface area contributed by atoms with Gasteiger partial charge in [-0.15, -0.1) is 0 Å². The quantitative estimate of drug-likeness (QED) is 0.741. The molecule has 3 aromatic rings. The lowest BCUT2D eigenvalue weighted by Crippen LogP contribution is -1.77. The van der Waals surface area contributed by atoms with Crippen LogP contribution in [0.3, 0.4) is 0 Å². The van der Waals surface area contributed by atoms with Gasteiger partial charge in [0.25, 0.3) is 0 Å².